The van der Waals surface area contributed by atoms with Crippen molar-refractivity contribution in [1.82, 2.24) is 9.80 Å². The molecule has 3 heterocycles. The largest absolute Gasteiger partial charge is 0.416 e. The summed E-state index contributed by atoms with van der Waals surface area (Å²) in [5.74, 6) is -0.0131. The number of carbonyl (C=O) groups is 1. The molecule has 150 valence electrons. The van der Waals surface area contributed by atoms with Crippen LogP contribution in [0.4, 0.5) is 13.2 Å². The third-order valence-corrected chi connectivity index (χ3v) is 6.68. The van der Waals surface area contributed by atoms with Crippen LogP contribution in [0.3, 0.4) is 0 Å². The first kappa shape index (κ1) is 19.5. The van der Waals surface area contributed by atoms with Gasteiger partial charge in [-0.05, 0) is 67.1 Å². The van der Waals surface area contributed by atoms with Crippen molar-refractivity contribution >= 4 is 17.2 Å². The summed E-state index contributed by atoms with van der Waals surface area (Å²) in [5, 5.41) is 2.09. The fourth-order valence-electron chi connectivity index (χ4n) is 4.19. The van der Waals surface area contributed by atoms with Gasteiger partial charge in [0.2, 0.25) is 5.91 Å². The third-order valence-electron chi connectivity index (χ3n) is 5.68. The van der Waals surface area contributed by atoms with E-state index in [4.69, 9.17) is 0 Å². The number of benzene rings is 1. The molecule has 3 nitrogen and oxygen atoms in total. The standard InChI is InChI=1S/C21H23F3N2OS/c22-21(23,24)16-5-3-15(4-6-16)13-20(27)26-11-7-19-17(8-12-28-19)18(26)14-25-9-1-2-10-25/h3-6,8,12,18H,1-2,7,9-11,13-14H2. The average Bonchev–Trinajstić information content (AvgIpc) is 3.33. The van der Waals surface area contributed by atoms with Crippen LogP contribution in [0.5, 0.6) is 0 Å². The van der Waals surface area contributed by atoms with Crippen molar-refractivity contribution in [3.05, 3.63) is 57.3 Å². The highest BCUT2D eigenvalue weighted by Crippen LogP contribution is 2.35. The maximum atomic E-state index is 13.1. The highest BCUT2D eigenvalue weighted by atomic mass is 32.1. The van der Waals surface area contributed by atoms with Crippen molar-refractivity contribution in [2.45, 2.75) is 37.9 Å². The fraction of sp³-hybridized carbons (Fsp3) is 0.476. The van der Waals surface area contributed by atoms with Crippen LogP contribution in [0.2, 0.25) is 0 Å². The summed E-state index contributed by atoms with van der Waals surface area (Å²) in [4.78, 5) is 18.8. The summed E-state index contributed by atoms with van der Waals surface area (Å²) in [5.41, 5.74) is 1.18. The molecule has 1 aromatic heterocycles. The van der Waals surface area contributed by atoms with Crippen LogP contribution in [-0.4, -0.2) is 41.9 Å². The quantitative estimate of drug-likeness (QED) is 0.742. The van der Waals surface area contributed by atoms with Crippen LogP contribution in [0, 0.1) is 0 Å². The summed E-state index contributed by atoms with van der Waals surface area (Å²) in [6.45, 7) is 3.64. The maximum absolute atomic E-state index is 13.1. The summed E-state index contributed by atoms with van der Waals surface area (Å²) in [6.07, 6.45) is -0.979. The van der Waals surface area contributed by atoms with Gasteiger partial charge < -0.3 is 9.80 Å². The van der Waals surface area contributed by atoms with Gasteiger partial charge in [-0.25, -0.2) is 0 Å². The van der Waals surface area contributed by atoms with Gasteiger partial charge in [-0.1, -0.05) is 12.1 Å². The molecule has 1 saturated heterocycles. The van der Waals surface area contributed by atoms with Gasteiger partial charge in [0.25, 0.3) is 0 Å². The van der Waals surface area contributed by atoms with Gasteiger partial charge in [0.15, 0.2) is 0 Å². The first-order valence-corrected chi connectivity index (χ1v) is 10.5. The zero-order valence-electron chi connectivity index (χ0n) is 15.5. The molecule has 0 bridgehead atoms. The minimum Gasteiger partial charge on any atom is -0.334 e. The van der Waals surface area contributed by atoms with Gasteiger partial charge >= 0.3 is 6.18 Å². The van der Waals surface area contributed by atoms with E-state index in [1.54, 1.807) is 11.3 Å². The van der Waals surface area contributed by atoms with Gasteiger partial charge in [0.05, 0.1) is 18.0 Å². The van der Waals surface area contributed by atoms with E-state index in [1.165, 1.54) is 35.4 Å². The third kappa shape index (κ3) is 4.10. The van der Waals surface area contributed by atoms with E-state index < -0.39 is 11.7 Å². The lowest BCUT2D eigenvalue weighted by Gasteiger charge is -2.38. The predicted octanol–water partition coefficient (Wildman–Crippen LogP) is 4.53. The minimum absolute atomic E-state index is 0.0131. The number of thiophene rings is 1. The number of likely N-dealkylation sites (tertiary alicyclic amines) is 1. The van der Waals surface area contributed by atoms with E-state index in [1.807, 2.05) is 4.90 Å². The Hall–Kier alpha value is -1.86. The number of rotatable bonds is 4. The summed E-state index contributed by atoms with van der Waals surface area (Å²) >= 11 is 1.75. The molecule has 0 saturated carbocycles. The minimum atomic E-state index is -4.36. The smallest absolute Gasteiger partial charge is 0.334 e. The Morgan fingerprint density at radius 1 is 1.07 bits per heavy atom. The molecule has 0 spiro atoms. The Morgan fingerprint density at radius 3 is 2.46 bits per heavy atom. The molecule has 2 aliphatic rings. The van der Waals surface area contributed by atoms with Gasteiger partial charge in [0, 0.05) is 18.0 Å². The number of hydrogen-bond donors (Lipinski definition) is 0. The highest BCUT2D eigenvalue weighted by Gasteiger charge is 2.34. The Labute approximate surface area is 166 Å². The van der Waals surface area contributed by atoms with Gasteiger partial charge in [-0.2, -0.15) is 13.2 Å². The lowest BCUT2D eigenvalue weighted by atomic mass is 9.98. The van der Waals surface area contributed by atoms with E-state index in [0.29, 0.717) is 12.1 Å². The van der Waals surface area contributed by atoms with Crippen molar-refractivity contribution in [1.29, 1.82) is 0 Å². The molecule has 0 aliphatic carbocycles. The van der Waals surface area contributed by atoms with Crippen molar-refractivity contribution in [2.24, 2.45) is 0 Å². The molecule has 1 amide bonds. The molecule has 1 atom stereocenters. The summed E-state index contributed by atoms with van der Waals surface area (Å²) < 4.78 is 38.2. The second kappa shape index (κ2) is 7.87. The first-order chi connectivity index (χ1) is 13.4. The lowest BCUT2D eigenvalue weighted by Crippen LogP contribution is -2.45. The van der Waals surface area contributed by atoms with Crippen LogP contribution in [0.15, 0.2) is 35.7 Å². The predicted molar refractivity (Wildman–Crippen MR) is 103 cm³/mol. The van der Waals surface area contributed by atoms with E-state index >= 15 is 0 Å². The van der Waals surface area contributed by atoms with Crippen LogP contribution < -0.4 is 0 Å². The molecule has 2 aromatic rings. The molecule has 1 fully saturated rings. The molecule has 28 heavy (non-hydrogen) atoms. The zero-order valence-corrected chi connectivity index (χ0v) is 16.4. The molecule has 2 aliphatic heterocycles. The van der Waals surface area contributed by atoms with Crippen molar-refractivity contribution in [3.8, 4) is 0 Å². The van der Waals surface area contributed by atoms with E-state index in [0.717, 1.165) is 38.2 Å². The van der Waals surface area contributed by atoms with Crippen LogP contribution in [0.25, 0.3) is 0 Å². The summed E-state index contributed by atoms with van der Waals surface area (Å²) in [7, 11) is 0. The van der Waals surface area contributed by atoms with Crippen LogP contribution in [0.1, 0.15) is 40.5 Å². The number of carbonyl (C=O) groups excluding carboxylic acids is 1. The van der Waals surface area contributed by atoms with Crippen LogP contribution in [-0.2, 0) is 23.8 Å². The van der Waals surface area contributed by atoms with Gasteiger partial charge in [-0.15, -0.1) is 11.3 Å². The molecular weight excluding hydrogens is 385 g/mol. The van der Waals surface area contributed by atoms with Crippen LogP contribution >= 0.6 is 11.3 Å². The molecule has 7 heteroatoms. The fourth-order valence-corrected chi connectivity index (χ4v) is 5.12. The van der Waals surface area contributed by atoms with E-state index in [-0.39, 0.29) is 18.4 Å². The molecule has 1 unspecified atom stereocenters. The normalized spacial score (nSPS) is 20.4. The topological polar surface area (TPSA) is 23.6 Å². The SMILES string of the molecule is O=C(Cc1ccc(C(F)(F)F)cc1)N1CCc2sccc2C1CN1CCCC1. The Balaban J connectivity index is 1.50. The Bertz CT molecular complexity index is 825. The molecule has 1 aromatic carbocycles. The Kier molecular flexibility index (Phi) is 5.47. The van der Waals surface area contributed by atoms with Crippen molar-refractivity contribution in [3.63, 3.8) is 0 Å². The average molecular weight is 408 g/mol. The first-order valence-electron chi connectivity index (χ1n) is 9.66. The molecule has 4 rings (SSSR count). The number of nitrogens with zero attached hydrogens (tertiary/aromatic N) is 2. The molecular formula is C21H23F3N2OS. The number of alkyl halides is 3. The highest BCUT2D eigenvalue weighted by molar-refractivity contribution is 7.10. The van der Waals surface area contributed by atoms with Crippen molar-refractivity contribution in [2.75, 3.05) is 26.2 Å². The van der Waals surface area contributed by atoms with Crippen molar-refractivity contribution < 1.29 is 18.0 Å². The number of amides is 1. The summed E-state index contributed by atoms with van der Waals surface area (Å²) in [6, 6.07) is 7.09. The molecule has 0 radical (unpaired) electrons. The van der Waals surface area contributed by atoms with Gasteiger partial charge in [0.1, 0.15) is 0 Å². The second-order valence-corrected chi connectivity index (χ2v) is 8.53. The number of hydrogen-bond acceptors (Lipinski definition) is 3. The lowest BCUT2D eigenvalue weighted by molar-refractivity contribution is -0.137. The Morgan fingerprint density at radius 2 is 1.79 bits per heavy atom. The number of halogens is 3. The maximum Gasteiger partial charge on any atom is 0.416 e. The molecule has 0 N–H and O–H groups in total. The second-order valence-electron chi connectivity index (χ2n) is 7.53. The van der Waals surface area contributed by atoms with Gasteiger partial charge in [-0.3, -0.25) is 4.79 Å². The number of fused-ring (bicyclic) bond motifs is 1. The van der Waals surface area contributed by atoms with E-state index in [9.17, 15) is 18.0 Å². The zero-order chi connectivity index (χ0) is 19.7. The monoisotopic (exact) mass is 408 g/mol. The van der Waals surface area contributed by atoms with E-state index in [2.05, 4.69) is 16.3 Å².